The highest BCUT2D eigenvalue weighted by atomic mass is 32.1. The molecule has 0 heterocycles. The number of hydrogen-bond acceptors (Lipinski definition) is 2. The van der Waals surface area contributed by atoms with Gasteiger partial charge >= 0.3 is 0 Å². The van der Waals surface area contributed by atoms with Gasteiger partial charge in [0.2, 0.25) is 0 Å². The molecular weight excluding hydrogens is 214 g/mol. The van der Waals surface area contributed by atoms with Crippen molar-refractivity contribution in [2.45, 2.75) is 34.1 Å². The Labute approximate surface area is 105 Å². The second kappa shape index (κ2) is 5.62. The first-order chi connectivity index (χ1) is 7.49. The molecule has 0 N–H and O–H groups in total. The van der Waals surface area contributed by atoms with Gasteiger partial charge in [0.15, 0.2) is 0 Å². The molecular formula is C14H23NS. The molecule has 0 aliphatic heterocycles. The van der Waals surface area contributed by atoms with Gasteiger partial charge in [-0.25, -0.2) is 0 Å². The fraction of sp³-hybridized carbons (Fsp3) is 0.571. The smallest absolute Gasteiger partial charge is 0.0428 e. The minimum absolute atomic E-state index is 0.952. The molecule has 0 saturated heterocycles. The zero-order valence-corrected chi connectivity index (χ0v) is 12.0. The first-order valence-corrected chi connectivity index (χ1v) is 6.51. The van der Waals surface area contributed by atoms with E-state index in [9.17, 15) is 0 Å². The number of rotatable bonds is 4. The van der Waals surface area contributed by atoms with E-state index in [0.717, 1.165) is 18.7 Å². The van der Waals surface area contributed by atoms with Gasteiger partial charge in [-0.3, -0.25) is 0 Å². The molecule has 1 aromatic rings. The number of aryl methyl sites for hydroxylation is 2. The van der Waals surface area contributed by atoms with Gasteiger partial charge in [0, 0.05) is 19.3 Å². The van der Waals surface area contributed by atoms with Crippen LogP contribution in [0.2, 0.25) is 0 Å². The molecule has 0 amide bonds. The van der Waals surface area contributed by atoms with Crippen LogP contribution in [0.3, 0.4) is 0 Å². The lowest BCUT2D eigenvalue weighted by Crippen LogP contribution is -2.21. The molecule has 0 aliphatic carbocycles. The van der Waals surface area contributed by atoms with E-state index in [1.165, 1.54) is 27.9 Å². The summed E-state index contributed by atoms with van der Waals surface area (Å²) in [5.74, 6) is 0.952. The molecule has 0 aromatic heterocycles. The summed E-state index contributed by atoms with van der Waals surface area (Å²) in [6, 6.07) is 2.28. The molecule has 0 radical (unpaired) electrons. The van der Waals surface area contributed by atoms with Gasteiger partial charge in [-0.2, -0.15) is 12.6 Å². The molecule has 0 bridgehead atoms. The lowest BCUT2D eigenvalue weighted by molar-refractivity contribution is 0.852. The predicted octanol–water partition coefficient (Wildman–Crippen LogP) is 3.68. The van der Waals surface area contributed by atoms with E-state index in [-0.39, 0.29) is 0 Å². The van der Waals surface area contributed by atoms with E-state index < -0.39 is 0 Å². The summed E-state index contributed by atoms with van der Waals surface area (Å²) in [4.78, 5) is 2.36. The van der Waals surface area contributed by atoms with Crippen LogP contribution >= 0.6 is 12.6 Å². The van der Waals surface area contributed by atoms with E-state index in [2.05, 4.69) is 58.3 Å². The minimum atomic E-state index is 0.952. The predicted molar refractivity (Wildman–Crippen MR) is 77.1 cm³/mol. The van der Waals surface area contributed by atoms with Crippen LogP contribution in [-0.4, -0.2) is 19.3 Å². The molecule has 1 nitrogen and oxygen atoms in total. The summed E-state index contributed by atoms with van der Waals surface area (Å²) < 4.78 is 0. The zero-order chi connectivity index (χ0) is 12.3. The standard InChI is InChI=1S/C14H23NS/c1-10-9-11(2)13(4)14(12(10)3)15(5)7-6-8-16/h9,16H,6-8H2,1-5H3. The van der Waals surface area contributed by atoms with Gasteiger partial charge in [0.1, 0.15) is 0 Å². The number of anilines is 1. The van der Waals surface area contributed by atoms with E-state index >= 15 is 0 Å². The second-order valence-electron chi connectivity index (χ2n) is 4.61. The first kappa shape index (κ1) is 13.4. The average molecular weight is 237 g/mol. The Morgan fingerprint density at radius 1 is 1.06 bits per heavy atom. The van der Waals surface area contributed by atoms with Gasteiger partial charge in [-0.05, 0) is 62.1 Å². The van der Waals surface area contributed by atoms with Crippen molar-refractivity contribution in [1.82, 2.24) is 0 Å². The lowest BCUT2D eigenvalue weighted by atomic mass is 9.98. The van der Waals surface area contributed by atoms with E-state index in [1.807, 2.05) is 0 Å². The first-order valence-electron chi connectivity index (χ1n) is 5.88. The Morgan fingerprint density at radius 3 is 2.00 bits per heavy atom. The molecule has 16 heavy (non-hydrogen) atoms. The van der Waals surface area contributed by atoms with Crippen molar-refractivity contribution < 1.29 is 0 Å². The maximum atomic E-state index is 4.27. The summed E-state index contributed by atoms with van der Waals surface area (Å²) in [6.07, 6.45) is 1.13. The molecule has 1 rings (SSSR count). The third kappa shape index (κ3) is 2.73. The number of nitrogens with zero attached hydrogens (tertiary/aromatic N) is 1. The molecule has 0 aliphatic rings. The lowest BCUT2D eigenvalue weighted by Gasteiger charge is -2.25. The van der Waals surface area contributed by atoms with Gasteiger partial charge in [0.25, 0.3) is 0 Å². The van der Waals surface area contributed by atoms with Crippen molar-refractivity contribution >= 4 is 18.3 Å². The summed E-state index contributed by atoms with van der Waals surface area (Å²) in [5, 5.41) is 0. The van der Waals surface area contributed by atoms with Crippen LogP contribution in [0.4, 0.5) is 5.69 Å². The normalized spacial score (nSPS) is 10.6. The molecule has 0 saturated carbocycles. The van der Waals surface area contributed by atoms with Crippen LogP contribution in [0.15, 0.2) is 6.07 Å². The minimum Gasteiger partial charge on any atom is -0.374 e. The summed E-state index contributed by atoms with van der Waals surface area (Å²) in [7, 11) is 2.18. The number of thiol groups is 1. The van der Waals surface area contributed by atoms with Crippen molar-refractivity contribution in [3.05, 3.63) is 28.3 Å². The van der Waals surface area contributed by atoms with E-state index in [0.29, 0.717) is 0 Å². The molecule has 1 aromatic carbocycles. The Kier molecular flexibility index (Phi) is 4.72. The maximum Gasteiger partial charge on any atom is 0.0428 e. The van der Waals surface area contributed by atoms with Crippen molar-refractivity contribution in [2.24, 2.45) is 0 Å². The van der Waals surface area contributed by atoms with Crippen molar-refractivity contribution in [3.63, 3.8) is 0 Å². The van der Waals surface area contributed by atoms with Crippen LogP contribution in [0, 0.1) is 27.7 Å². The third-order valence-electron chi connectivity index (χ3n) is 3.36. The van der Waals surface area contributed by atoms with Crippen LogP contribution in [-0.2, 0) is 0 Å². The van der Waals surface area contributed by atoms with Gasteiger partial charge in [-0.15, -0.1) is 0 Å². The Morgan fingerprint density at radius 2 is 1.56 bits per heavy atom. The molecule has 0 unspecified atom stereocenters. The van der Waals surface area contributed by atoms with Gasteiger partial charge in [-0.1, -0.05) is 6.07 Å². The van der Waals surface area contributed by atoms with Crippen LogP contribution in [0.25, 0.3) is 0 Å². The molecule has 0 fully saturated rings. The molecule has 0 atom stereocenters. The van der Waals surface area contributed by atoms with Crippen LogP contribution < -0.4 is 4.90 Å². The highest BCUT2D eigenvalue weighted by Gasteiger charge is 2.11. The SMILES string of the molecule is Cc1cc(C)c(C)c(N(C)CCCS)c1C. The van der Waals surface area contributed by atoms with Crippen molar-refractivity contribution in [2.75, 3.05) is 24.2 Å². The largest absolute Gasteiger partial charge is 0.374 e. The molecule has 90 valence electrons. The summed E-state index contributed by atoms with van der Waals surface area (Å²) in [5.41, 5.74) is 6.99. The summed E-state index contributed by atoms with van der Waals surface area (Å²) >= 11 is 4.27. The summed E-state index contributed by atoms with van der Waals surface area (Å²) in [6.45, 7) is 9.89. The molecule has 2 heteroatoms. The Bertz CT molecular complexity index is 345. The Balaban J connectivity index is 3.11. The van der Waals surface area contributed by atoms with E-state index in [4.69, 9.17) is 0 Å². The molecule has 0 spiro atoms. The highest BCUT2D eigenvalue weighted by Crippen LogP contribution is 2.29. The Hall–Kier alpha value is -0.630. The third-order valence-corrected chi connectivity index (χ3v) is 3.68. The fourth-order valence-electron chi connectivity index (χ4n) is 2.19. The monoisotopic (exact) mass is 237 g/mol. The van der Waals surface area contributed by atoms with Crippen LogP contribution in [0.5, 0.6) is 0 Å². The average Bonchev–Trinajstić information content (AvgIpc) is 2.24. The fourth-order valence-corrected chi connectivity index (χ4v) is 2.33. The highest BCUT2D eigenvalue weighted by molar-refractivity contribution is 7.80. The topological polar surface area (TPSA) is 3.24 Å². The number of benzene rings is 1. The van der Waals surface area contributed by atoms with Crippen LogP contribution in [0.1, 0.15) is 28.7 Å². The maximum absolute atomic E-state index is 4.27. The zero-order valence-electron chi connectivity index (χ0n) is 11.1. The van der Waals surface area contributed by atoms with Gasteiger partial charge in [0.05, 0.1) is 0 Å². The quantitative estimate of drug-likeness (QED) is 0.782. The number of hydrogen-bond donors (Lipinski definition) is 1. The van der Waals surface area contributed by atoms with Gasteiger partial charge < -0.3 is 4.90 Å². The van der Waals surface area contributed by atoms with Crippen molar-refractivity contribution in [3.8, 4) is 0 Å². The van der Waals surface area contributed by atoms with E-state index in [1.54, 1.807) is 0 Å². The second-order valence-corrected chi connectivity index (χ2v) is 5.05. The van der Waals surface area contributed by atoms with Crippen molar-refractivity contribution in [1.29, 1.82) is 0 Å².